The van der Waals surface area contributed by atoms with E-state index in [-0.39, 0.29) is 19.5 Å². The van der Waals surface area contributed by atoms with Gasteiger partial charge in [-0.15, -0.1) is 0 Å². The zero-order chi connectivity index (χ0) is 10.3. The Kier molecular flexibility index (Phi) is 5.45. The summed E-state index contributed by atoms with van der Waals surface area (Å²) in [5.74, 6) is 0. The van der Waals surface area contributed by atoms with Crippen molar-refractivity contribution < 1.29 is 27.8 Å². The Hall–Kier alpha value is -0.780. The molecule has 1 rings (SSSR count). The molecular weight excluding hydrogens is 189 g/mol. The standard InChI is InChI=1S/C6H9F3O.CH2O2/c7-6(8,9)5-3-1-2-4-10-5;2-1-3/h5H,1-4H2;1H,(H,2,3). The number of hydrogen-bond donors (Lipinski definition) is 1. The van der Waals surface area contributed by atoms with E-state index in [0.29, 0.717) is 6.42 Å². The Morgan fingerprint density at radius 2 is 1.92 bits per heavy atom. The van der Waals surface area contributed by atoms with Gasteiger partial charge >= 0.3 is 6.18 Å². The molecule has 1 N–H and O–H groups in total. The van der Waals surface area contributed by atoms with Gasteiger partial charge in [0.25, 0.3) is 6.47 Å². The first-order chi connectivity index (χ1) is 6.02. The minimum Gasteiger partial charge on any atom is -0.483 e. The van der Waals surface area contributed by atoms with Gasteiger partial charge in [0.05, 0.1) is 0 Å². The monoisotopic (exact) mass is 200 g/mol. The summed E-state index contributed by atoms with van der Waals surface area (Å²) in [5.41, 5.74) is 0. The van der Waals surface area contributed by atoms with Crippen molar-refractivity contribution in [2.24, 2.45) is 0 Å². The molecule has 0 aromatic carbocycles. The predicted molar refractivity (Wildman–Crippen MR) is 38.3 cm³/mol. The second-order valence-electron chi connectivity index (χ2n) is 2.50. The normalized spacial score (nSPS) is 22.8. The fourth-order valence-electron chi connectivity index (χ4n) is 0.999. The molecule has 1 unspecified atom stereocenters. The molecule has 13 heavy (non-hydrogen) atoms. The average molecular weight is 200 g/mol. The van der Waals surface area contributed by atoms with Gasteiger partial charge in [-0.1, -0.05) is 0 Å². The number of ether oxygens (including phenoxy) is 1. The third-order valence-electron chi connectivity index (χ3n) is 1.54. The molecule has 1 fully saturated rings. The molecule has 0 aromatic rings. The lowest BCUT2D eigenvalue weighted by Crippen LogP contribution is -2.34. The quantitative estimate of drug-likeness (QED) is 0.606. The van der Waals surface area contributed by atoms with Crippen LogP contribution in [0.2, 0.25) is 0 Å². The number of alkyl halides is 3. The highest BCUT2D eigenvalue weighted by Crippen LogP contribution is 2.29. The third-order valence-corrected chi connectivity index (χ3v) is 1.54. The summed E-state index contributed by atoms with van der Waals surface area (Å²) < 4.78 is 40.0. The van der Waals surface area contributed by atoms with E-state index in [4.69, 9.17) is 9.90 Å². The first-order valence-electron chi connectivity index (χ1n) is 3.78. The van der Waals surface area contributed by atoms with Crippen molar-refractivity contribution in [3.63, 3.8) is 0 Å². The second kappa shape index (κ2) is 5.80. The van der Waals surface area contributed by atoms with E-state index in [0.717, 1.165) is 6.42 Å². The minimum absolute atomic E-state index is 0.128. The average Bonchev–Trinajstić information content (AvgIpc) is 2.06. The highest BCUT2D eigenvalue weighted by molar-refractivity contribution is 5.32. The summed E-state index contributed by atoms with van der Waals surface area (Å²) in [6, 6.07) is 0. The topological polar surface area (TPSA) is 46.5 Å². The lowest BCUT2D eigenvalue weighted by Gasteiger charge is -2.24. The molecule has 6 heteroatoms. The van der Waals surface area contributed by atoms with Gasteiger partial charge in [-0.05, 0) is 19.3 Å². The Bertz CT molecular complexity index is 140. The number of rotatable bonds is 0. The van der Waals surface area contributed by atoms with Crippen LogP contribution < -0.4 is 0 Å². The highest BCUT2D eigenvalue weighted by atomic mass is 19.4. The van der Waals surface area contributed by atoms with E-state index in [1.807, 2.05) is 0 Å². The fraction of sp³-hybridized carbons (Fsp3) is 0.857. The molecule has 3 nitrogen and oxygen atoms in total. The first kappa shape index (κ1) is 12.2. The summed E-state index contributed by atoms with van der Waals surface area (Å²) in [4.78, 5) is 8.36. The number of hydrogen-bond acceptors (Lipinski definition) is 2. The molecule has 0 amide bonds. The molecule has 0 saturated carbocycles. The molecule has 1 heterocycles. The smallest absolute Gasteiger partial charge is 0.414 e. The van der Waals surface area contributed by atoms with Crippen LogP contribution in [0.4, 0.5) is 13.2 Å². The molecular formula is C7H11F3O3. The van der Waals surface area contributed by atoms with Gasteiger partial charge in [0.2, 0.25) is 0 Å². The molecule has 0 radical (unpaired) electrons. The lowest BCUT2D eigenvalue weighted by molar-refractivity contribution is -0.229. The van der Waals surface area contributed by atoms with Gasteiger partial charge in [0.1, 0.15) is 0 Å². The van der Waals surface area contributed by atoms with Crippen molar-refractivity contribution >= 4 is 6.47 Å². The lowest BCUT2D eigenvalue weighted by atomic mass is 10.1. The van der Waals surface area contributed by atoms with E-state index >= 15 is 0 Å². The van der Waals surface area contributed by atoms with Crippen molar-refractivity contribution in [2.75, 3.05) is 6.61 Å². The number of halogens is 3. The van der Waals surface area contributed by atoms with E-state index in [1.165, 1.54) is 0 Å². The van der Waals surface area contributed by atoms with Gasteiger partial charge in [-0.2, -0.15) is 13.2 Å². The van der Waals surface area contributed by atoms with Crippen LogP contribution in [0.15, 0.2) is 0 Å². The molecule has 1 saturated heterocycles. The molecule has 1 aliphatic rings. The maximum Gasteiger partial charge on any atom is 0.414 e. The summed E-state index contributed by atoms with van der Waals surface area (Å²) >= 11 is 0. The third kappa shape index (κ3) is 5.46. The highest BCUT2D eigenvalue weighted by Gasteiger charge is 2.41. The van der Waals surface area contributed by atoms with E-state index < -0.39 is 12.3 Å². The van der Waals surface area contributed by atoms with Gasteiger partial charge in [0.15, 0.2) is 6.10 Å². The van der Waals surface area contributed by atoms with E-state index in [1.54, 1.807) is 0 Å². The second-order valence-corrected chi connectivity index (χ2v) is 2.50. The number of carbonyl (C=O) groups is 1. The Balaban J connectivity index is 0.000000424. The van der Waals surface area contributed by atoms with Crippen LogP contribution in [0, 0.1) is 0 Å². The molecule has 1 atom stereocenters. The minimum atomic E-state index is -4.15. The predicted octanol–water partition coefficient (Wildman–Crippen LogP) is 1.82. The molecule has 0 aromatic heterocycles. The SMILES string of the molecule is FC(F)(F)C1CCCCO1.O=CO. The van der Waals surface area contributed by atoms with Crippen LogP contribution in [-0.4, -0.2) is 30.5 Å². The molecule has 0 aliphatic carbocycles. The van der Waals surface area contributed by atoms with Crippen LogP contribution in [0.3, 0.4) is 0 Å². The van der Waals surface area contributed by atoms with E-state index in [9.17, 15) is 13.2 Å². The van der Waals surface area contributed by atoms with Crippen LogP contribution >= 0.6 is 0 Å². The molecule has 0 spiro atoms. The summed E-state index contributed by atoms with van der Waals surface area (Å²) in [6.45, 7) is 0.00414. The largest absolute Gasteiger partial charge is 0.483 e. The van der Waals surface area contributed by atoms with Crippen molar-refractivity contribution in [2.45, 2.75) is 31.5 Å². The first-order valence-corrected chi connectivity index (χ1v) is 3.78. The van der Waals surface area contributed by atoms with Crippen molar-refractivity contribution in [3.05, 3.63) is 0 Å². The Morgan fingerprint density at radius 1 is 1.38 bits per heavy atom. The molecule has 78 valence electrons. The van der Waals surface area contributed by atoms with Crippen molar-refractivity contribution in [3.8, 4) is 0 Å². The summed E-state index contributed by atoms with van der Waals surface area (Å²) in [5, 5.41) is 6.89. The summed E-state index contributed by atoms with van der Waals surface area (Å²) in [7, 11) is 0. The Labute approximate surface area is 73.5 Å². The zero-order valence-corrected chi connectivity index (χ0v) is 6.88. The van der Waals surface area contributed by atoms with Gasteiger partial charge < -0.3 is 9.84 Å². The van der Waals surface area contributed by atoms with Crippen LogP contribution in [0.5, 0.6) is 0 Å². The number of carboxylic acid groups (broad SMARTS) is 1. The maximum atomic E-state index is 11.8. The maximum absolute atomic E-state index is 11.8. The Morgan fingerprint density at radius 3 is 2.15 bits per heavy atom. The van der Waals surface area contributed by atoms with Gasteiger partial charge in [-0.3, -0.25) is 4.79 Å². The summed E-state index contributed by atoms with van der Waals surface area (Å²) in [6.07, 6.45) is -4.14. The van der Waals surface area contributed by atoms with E-state index in [2.05, 4.69) is 4.74 Å². The van der Waals surface area contributed by atoms with Crippen LogP contribution in [0.1, 0.15) is 19.3 Å². The fourth-order valence-corrected chi connectivity index (χ4v) is 0.999. The van der Waals surface area contributed by atoms with Gasteiger partial charge in [-0.25, -0.2) is 0 Å². The van der Waals surface area contributed by atoms with Crippen molar-refractivity contribution in [1.29, 1.82) is 0 Å². The van der Waals surface area contributed by atoms with Crippen LogP contribution in [0.25, 0.3) is 0 Å². The van der Waals surface area contributed by atoms with Crippen molar-refractivity contribution in [1.82, 2.24) is 0 Å². The van der Waals surface area contributed by atoms with Crippen LogP contribution in [-0.2, 0) is 9.53 Å². The van der Waals surface area contributed by atoms with Gasteiger partial charge in [0, 0.05) is 6.61 Å². The zero-order valence-electron chi connectivity index (χ0n) is 6.88. The molecule has 0 bridgehead atoms. The molecule has 1 aliphatic heterocycles.